The second-order valence-corrected chi connectivity index (χ2v) is 12.1. The quantitative estimate of drug-likeness (QED) is 0.397. The molecule has 0 spiro atoms. The number of imidazole rings is 1. The van der Waals surface area contributed by atoms with E-state index in [0.717, 1.165) is 11.8 Å². The average Bonchev–Trinajstić information content (AvgIpc) is 3.19. The highest BCUT2D eigenvalue weighted by Gasteiger charge is 2.21. The Balaban J connectivity index is 1.80. The highest BCUT2D eigenvalue weighted by Crippen LogP contribution is 2.25. The predicted molar refractivity (Wildman–Crippen MR) is 119 cm³/mol. The van der Waals surface area contributed by atoms with Gasteiger partial charge in [-0.1, -0.05) is 11.6 Å². The van der Waals surface area contributed by atoms with Crippen molar-refractivity contribution >= 4 is 53.2 Å². The summed E-state index contributed by atoms with van der Waals surface area (Å²) in [6.07, 6.45) is 5.81. The maximum absolute atomic E-state index is 12.2. The Morgan fingerprint density at radius 2 is 1.84 bits per heavy atom. The molecule has 0 radical (unpaired) electrons. The van der Waals surface area contributed by atoms with E-state index < -0.39 is 19.7 Å². The normalized spacial score (nSPS) is 12.7. The third kappa shape index (κ3) is 4.58. The summed E-state index contributed by atoms with van der Waals surface area (Å²) in [7, 11) is -6.64. The van der Waals surface area contributed by atoms with Gasteiger partial charge in [0.25, 0.3) is 0 Å². The second-order valence-electron chi connectivity index (χ2n) is 7.42. The van der Waals surface area contributed by atoms with Gasteiger partial charge in [-0.2, -0.15) is 5.10 Å². The molecule has 0 saturated heterocycles. The van der Waals surface area contributed by atoms with Gasteiger partial charge in [0.1, 0.15) is 15.7 Å². The predicted octanol–water partition coefficient (Wildman–Crippen LogP) is 2.32. The number of hydrogen-bond donors (Lipinski definition) is 0. The molecule has 3 aromatic heterocycles. The van der Waals surface area contributed by atoms with Crippen molar-refractivity contribution in [2.45, 2.75) is 24.5 Å². The molecule has 0 N–H and O–H groups in total. The lowest BCUT2D eigenvalue weighted by Gasteiger charge is -2.10. The fourth-order valence-corrected chi connectivity index (χ4v) is 5.17. The molecule has 0 unspecified atom stereocenters. The molecule has 0 saturated carbocycles. The summed E-state index contributed by atoms with van der Waals surface area (Å²) >= 11 is 6.12. The Morgan fingerprint density at radius 1 is 1.06 bits per heavy atom. The van der Waals surface area contributed by atoms with Crippen molar-refractivity contribution in [2.24, 2.45) is 0 Å². The molecule has 1 aromatic carbocycles. The van der Waals surface area contributed by atoms with Crippen LogP contribution in [0.25, 0.3) is 21.9 Å². The van der Waals surface area contributed by atoms with Crippen LogP contribution < -0.4 is 0 Å². The molecule has 0 aliphatic rings. The van der Waals surface area contributed by atoms with Gasteiger partial charge in [0.05, 0.1) is 35.0 Å². The number of pyridine rings is 1. The van der Waals surface area contributed by atoms with E-state index in [1.807, 2.05) is 10.6 Å². The molecule has 0 bridgehead atoms. The van der Waals surface area contributed by atoms with Gasteiger partial charge in [-0.05, 0) is 30.7 Å². The Hall–Kier alpha value is -2.50. The van der Waals surface area contributed by atoms with Crippen LogP contribution in [0.1, 0.15) is 12.2 Å². The van der Waals surface area contributed by atoms with Gasteiger partial charge in [0, 0.05) is 35.7 Å². The van der Waals surface area contributed by atoms with E-state index in [2.05, 4.69) is 15.1 Å². The number of sulfone groups is 2. The Bertz CT molecular complexity index is 1510. The zero-order chi connectivity index (χ0) is 22.4. The van der Waals surface area contributed by atoms with E-state index in [-0.39, 0.29) is 17.3 Å². The summed E-state index contributed by atoms with van der Waals surface area (Å²) in [5.41, 5.74) is 2.04. The topological polar surface area (TPSA) is 117 Å². The first-order chi connectivity index (χ1) is 14.5. The average molecular weight is 482 g/mol. The lowest BCUT2D eigenvalue weighted by molar-refractivity contribution is 0.573. The fourth-order valence-electron chi connectivity index (χ4n) is 3.53. The molecular formula is C19H20ClN5O4S2. The van der Waals surface area contributed by atoms with Crippen molar-refractivity contribution in [1.82, 2.24) is 24.3 Å². The van der Waals surface area contributed by atoms with E-state index in [4.69, 9.17) is 11.6 Å². The van der Waals surface area contributed by atoms with E-state index in [0.29, 0.717) is 40.2 Å². The minimum Gasteiger partial charge on any atom is -0.326 e. The molecule has 12 heteroatoms. The third-order valence-corrected chi connectivity index (χ3v) is 7.12. The number of aromatic nitrogens is 5. The van der Waals surface area contributed by atoms with Gasteiger partial charge in [-0.15, -0.1) is 0 Å². The Kier molecular flexibility index (Phi) is 5.52. The summed E-state index contributed by atoms with van der Waals surface area (Å²) in [6, 6.07) is 6.93. The lowest BCUT2D eigenvalue weighted by Crippen LogP contribution is -2.13. The number of rotatable bonds is 7. The van der Waals surface area contributed by atoms with Crippen molar-refractivity contribution in [3.63, 3.8) is 0 Å². The van der Waals surface area contributed by atoms with Crippen molar-refractivity contribution in [2.75, 3.05) is 18.3 Å². The van der Waals surface area contributed by atoms with Crippen LogP contribution in [0.15, 0.2) is 41.7 Å². The van der Waals surface area contributed by atoms with Gasteiger partial charge in [-0.25, -0.2) is 21.8 Å². The maximum atomic E-state index is 12.2. The molecular weight excluding hydrogens is 462 g/mol. The zero-order valence-electron chi connectivity index (χ0n) is 16.9. The number of fused-ring (bicyclic) bond motifs is 2. The SMILES string of the molecule is CS(=O)(=O)CCCn1c(Cn2nc(S(C)(=O)=O)c3ccncc32)nc2cc(Cl)ccc21. The van der Waals surface area contributed by atoms with Crippen LogP contribution in [0, 0.1) is 0 Å². The molecule has 4 aromatic rings. The first kappa shape index (κ1) is 21.7. The van der Waals surface area contributed by atoms with Crippen molar-refractivity contribution < 1.29 is 16.8 Å². The van der Waals surface area contributed by atoms with Gasteiger partial charge >= 0.3 is 0 Å². The smallest absolute Gasteiger partial charge is 0.195 e. The second kappa shape index (κ2) is 7.88. The van der Waals surface area contributed by atoms with Crippen LogP contribution in [0.5, 0.6) is 0 Å². The summed E-state index contributed by atoms with van der Waals surface area (Å²) in [6.45, 7) is 0.611. The van der Waals surface area contributed by atoms with Gasteiger partial charge < -0.3 is 4.57 Å². The Labute approximate surface area is 184 Å². The van der Waals surface area contributed by atoms with E-state index >= 15 is 0 Å². The van der Waals surface area contributed by atoms with Crippen LogP contribution in [0.4, 0.5) is 0 Å². The maximum Gasteiger partial charge on any atom is 0.195 e. The number of aryl methyl sites for hydroxylation is 1. The Morgan fingerprint density at radius 3 is 2.55 bits per heavy atom. The van der Waals surface area contributed by atoms with Crippen LogP contribution in [0.2, 0.25) is 5.02 Å². The summed E-state index contributed by atoms with van der Waals surface area (Å²) in [4.78, 5) is 8.76. The molecule has 164 valence electrons. The van der Waals surface area contributed by atoms with E-state index in [1.54, 1.807) is 29.1 Å². The summed E-state index contributed by atoms with van der Waals surface area (Å²) in [5.74, 6) is 0.658. The molecule has 0 aliphatic heterocycles. The number of nitrogens with zero attached hydrogens (tertiary/aromatic N) is 5. The van der Waals surface area contributed by atoms with Gasteiger partial charge in [-0.3, -0.25) is 9.67 Å². The molecule has 31 heavy (non-hydrogen) atoms. The first-order valence-electron chi connectivity index (χ1n) is 9.36. The first-order valence-corrected chi connectivity index (χ1v) is 13.7. The zero-order valence-corrected chi connectivity index (χ0v) is 19.2. The molecule has 4 rings (SSSR count). The lowest BCUT2D eigenvalue weighted by atomic mass is 10.3. The van der Waals surface area contributed by atoms with Gasteiger partial charge in [0.2, 0.25) is 0 Å². The highest BCUT2D eigenvalue weighted by atomic mass is 35.5. The monoisotopic (exact) mass is 481 g/mol. The van der Waals surface area contributed by atoms with Gasteiger partial charge in [0.15, 0.2) is 14.9 Å². The standard InChI is InChI=1S/C19H20ClN5O4S2/c1-30(26,27)9-3-8-24-16-5-4-13(20)10-15(16)22-18(24)12-25-17-11-21-7-6-14(17)19(23-25)31(2,28)29/h4-7,10-11H,3,8-9,12H2,1-2H3. The van der Waals surface area contributed by atoms with Crippen LogP contribution in [0.3, 0.4) is 0 Å². The number of benzene rings is 1. The number of hydrogen-bond acceptors (Lipinski definition) is 7. The molecule has 3 heterocycles. The van der Waals surface area contributed by atoms with Crippen molar-refractivity contribution in [3.05, 3.63) is 47.5 Å². The van der Waals surface area contributed by atoms with Crippen LogP contribution in [-0.4, -0.2) is 59.4 Å². The minimum absolute atomic E-state index is 0.0207. The fraction of sp³-hybridized carbons (Fsp3) is 0.316. The summed E-state index contributed by atoms with van der Waals surface area (Å²) in [5, 5.41) is 5.32. The van der Waals surface area contributed by atoms with E-state index in [9.17, 15) is 16.8 Å². The van der Waals surface area contributed by atoms with Crippen LogP contribution >= 0.6 is 11.6 Å². The van der Waals surface area contributed by atoms with Crippen LogP contribution in [-0.2, 0) is 32.8 Å². The largest absolute Gasteiger partial charge is 0.326 e. The molecule has 0 amide bonds. The van der Waals surface area contributed by atoms with E-state index in [1.165, 1.54) is 12.5 Å². The highest BCUT2D eigenvalue weighted by molar-refractivity contribution is 7.91. The molecule has 0 aliphatic carbocycles. The molecule has 0 fully saturated rings. The van der Waals surface area contributed by atoms with Crippen molar-refractivity contribution in [3.8, 4) is 0 Å². The molecule has 9 nitrogen and oxygen atoms in total. The third-order valence-electron chi connectivity index (χ3n) is 4.85. The number of halogens is 1. The van der Waals surface area contributed by atoms with Crippen molar-refractivity contribution in [1.29, 1.82) is 0 Å². The minimum atomic E-state index is -3.54. The summed E-state index contributed by atoms with van der Waals surface area (Å²) < 4.78 is 51.0. The molecule has 0 atom stereocenters.